The normalized spacial score (nSPS) is 15.4. The third-order valence-corrected chi connectivity index (χ3v) is 7.06. The minimum atomic E-state index is -0.520. The van der Waals surface area contributed by atoms with Gasteiger partial charge < -0.3 is 19.0 Å². The number of rotatable bonds is 2. The molecule has 5 heterocycles. The number of amides is 1. The zero-order chi connectivity index (χ0) is 24.2. The number of nitrogens with zero attached hydrogens (tertiary/aromatic N) is 4. The first-order valence-corrected chi connectivity index (χ1v) is 12.1. The van der Waals surface area contributed by atoms with Crippen molar-refractivity contribution < 1.29 is 13.9 Å². The van der Waals surface area contributed by atoms with Gasteiger partial charge in [0.05, 0.1) is 11.1 Å². The quantitative estimate of drug-likeness (QED) is 0.440. The Labute approximate surface area is 199 Å². The molecule has 0 bridgehead atoms. The van der Waals surface area contributed by atoms with Gasteiger partial charge in [0.15, 0.2) is 11.5 Å². The van der Waals surface area contributed by atoms with Gasteiger partial charge in [0.2, 0.25) is 0 Å². The number of aryl methyl sites for hydroxylation is 1. The van der Waals surface area contributed by atoms with E-state index in [1.807, 2.05) is 26.8 Å². The van der Waals surface area contributed by atoms with Crippen LogP contribution in [0.3, 0.4) is 0 Å². The maximum Gasteiger partial charge on any atom is 0.410 e. The highest BCUT2D eigenvalue weighted by atomic mass is 32.1. The van der Waals surface area contributed by atoms with E-state index >= 15 is 0 Å². The summed E-state index contributed by atoms with van der Waals surface area (Å²) in [4.78, 5) is 40.2. The molecule has 4 aromatic rings. The molecular formula is C24H26FN5O3S. The predicted octanol–water partition coefficient (Wildman–Crippen LogP) is 4.86. The summed E-state index contributed by atoms with van der Waals surface area (Å²) in [5.41, 5.74) is 0.640. The van der Waals surface area contributed by atoms with E-state index in [9.17, 15) is 14.0 Å². The number of carbonyl (C=O) groups excluding carboxylic acids is 1. The van der Waals surface area contributed by atoms with Crippen LogP contribution < -0.4 is 5.56 Å². The Morgan fingerprint density at radius 2 is 1.94 bits per heavy atom. The molecule has 0 atom stereocenters. The molecule has 1 amide bonds. The third-order valence-electron chi connectivity index (χ3n) is 5.87. The molecule has 0 spiro atoms. The number of hydrogen-bond acceptors (Lipinski definition) is 6. The summed E-state index contributed by atoms with van der Waals surface area (Å²) in [6, 6.07) is 3.24. The second-order valence-corrected chi connectivity index (χ2v) is 10.8. The Hall–Kier alpha value is -3.27. The number of hydrogen-bond donors (Lipinski definition) is 1. The third kappa shape index (κ3) is 4.29. The van der Waals surface area contributed by atoms with Crippen LogP contribution in [0.15, 0.2) is 29.3 Å². The lowest BCUT2D eigenvalue weighted by Crippen LogP contribution is -2.41. The topological polar surface area (TPSA) is 92.6 Å². The predicted molar refractivity (Wildman–Crippen MR) is 129 cm³/mol. The zero-order valence-corrected chi connectivity index (χ0v) is 20.3. The van der Waals surface area contributed by atoms with Gasteiger partial charge in [0.1, 0.15) is 16.3 Å². The van der Waals surface area contributed by atoms with E-state index in [-0.39, 0.29) is 23.2 Å². The van der Waals surface area contributed by atoms with Crippen molar-refractivity contribution in [2.45, 2.75) is 52.1 Å². The molecule has 1 fully saturated rings. The van der Waals surface area contributed by atoms with Crippen LogP contribution in [-0.4, -0.2) is 49.0 Å². The SMILES string of the molecule is Cc1cn2cc(-c3nc4sc(C5CCN(C(=O)OC(C)(C)C)CC5)cc4c(=O)[nH]3)cc(F)c2n1. The van der Waals surface area contributed by atoms with Crippen molar-refractivity contribution in [3.63, 3.8) is 0 Å². The summed E-state index contributed by atoms with van der Waals surface area (Å²) < 4.78 is 21.6. The van der Waals surface area contributed by atoms with Crippen LogP contribution in [0.2, 0.25) is 0 Å². The molecule has 0 unspecified atom stereocenters. The molecule has 34 heavy (non-hydrogen) atoms. The molecule has 1 N–H and O–H groups in total. The van der Waals surface area contributed by atoms with Crippen LogP contribution >= 0.6 is 11.3 Å². The Morgan fingerprint density at radius 3 is 2.65 bits per heavy atom. The smallest absolute Gasteiger partial charge is 0.410 e. The van der Waals surface area contributed by atoms with Crippen LogP contribution in [-0.2, 0) is 4.74 Å². The molecule has 178 valence electrons. The van der Waals surface area contributed by atoms with Crippen molar-refractivity contribution >= 4 is 33.3 Å². The highest BCUT2D eigenvalue weighted by Crippen LogP contribution is 2.35. The van der Waals surface area contributed by atoms with E-state index in [0.717, 1.165) is 17.7 Å². The minimum Gasteiger partial charge on any atom is -0.444 e. The van der Waals surface area contributed by atoms with Crippen molar-refractivity contribution in [2.75, 3.05) is 13.1 Å². The average molecular weight is 484 g/mol. The molecule has 0 aliphatic carbocycles. The van der Waals surface area contributed by atoms with E-state index in [4.69, 9.17) is 4.74 Å². The molecule has 10 heteroatoms. The number of nitrogens with one attached hydrogen (secondary N) is 1. The van der Waals surface area contributed by atoms with Gasteiger partial charge in [-0.1, -0.05) is 0 Å². The van der Waals surface area contributed by atoms with Crippen molar-refractivity contribution in [3.05, 3.63) is 51.3 Å². The van der Waals surface area contributed by atoms with Gasteiger partial charge in [-0.3, -0.25) is 4.79 Å². The number of halogens is 1. The number of thiophene rings is 1. The van der Waals surface area contributed by atoms with Gasteiger partial charge in [-0.2, -0.15) is 0 Å². The lowest BCUT2D eigenvalue weighted by Gasteiger charge is -2.33. The first-order valence-electron chi connectivity index (χ1n) is 11.2. The summed E-state index contributed by atoms with van der Waals surface area (Å²) >= 11 is 1.48. The molecule has 0 radical (unpaired) electrons. The molecule has 0 saturated carbocycles. The number of piperidine rings is 1. The van der Waals surface area contributed by atoms with Crippen LogP contribution in [0, 0.1) is 12.7 Å². The van der Waals surface area contributed by atoms with E-state index < -0.39 is 11.4 Å². The second kappa shape index (κ2) is 8.19. The zero-order valence-electron chi connectivity index (χ0n) is 19.5. The Kier molecular flexibility index (Phi) is 5.43. The Bertz CT molecular complexity index is 1460. The van der Waals surface area contributed by atoms with Gasteiger partial charge in [-0.05, 0) is 58.6 Å². The number of fused-ring (bicyclic) bond motifs is 2. The summed E-state index contributed by atoms with van der Waals surface area (Å²) in [5.74, 6) is 0.0817. The fraction of sp³-hybridized carbons (Fsp3) is 0.417. The van der Waals surface area contributed by atoms with E-state index in [0.29, 0.717) is 40.4 Å². The summed E-state index contributed by atoms with van der Waals surface area (Å²) in [5, 5.41) is 0.526. The van der Waals surface area contributed by atoms with Crippen molar-refractivity contribution in [1.82, 2.24) is 24.3 Å². The van der Waals surface area contributed by atoms with Gasteiger partial charge in [-0.25, -0.2) is 19.2 Å². The number of imidazole rings is 1. The maximum absolute atomic E-state index is 14.5. The van der Waals surface area contributed by atoms with Crippen molar-refractivity contribution in [3.8, 4) is 11.4 Å². The number of ether oxygens (including phenoxy) is 1. The van der Waals surface area contributed by atoms with Gasteiger partial charge in [0.25, 0.3) is 5.56 Å². The Morgan fingerprint density at radius 1 is 1.21 bits per heavy atom. The molecule has 5 rings (SSSR count). The molecule has 0 aromatic carbocycles. The van der Waals surface area contributed by atoms with Crippen molar-refractivity contribution in [1.29, 1.82) is 0 Å². The number of carbonyl (C=O) groups is 1. The highest BCUT2D eigenvalue weighted by molar-refractivity contribution is 7.18. The standard InChI is InChI=1S/C24H26FN5O3S/c1-13-11-30-12-15(9-17(25)20(30)26-13)19-27-21(31)16-10-18(34-22(16)28-19)14-5-7-29(8-6-14)23(32)33-24(2,3)4/h9-12,14H,5-8H2,1-4H3,(H,27,28,31). The number of aromatic amines is 1. The molecule has 4 aromatic heterocycles. The van der Waals surface area contributed by atoms with Gasteiger partial charge in [-0.15, -0.1) is 11.3 Å². The minimum absolute atomic E-state index is 0.237. The largest absolute Gasteiger partial charge is 0.444 e. The molecule has 8 nitrogen and oxygen atoms in total. The fourth-order valence-corrected chi connectivity index (χ4v) is 5.47. The Balaban J connectivity index is 1.39. The molecule has 1 aliphatic rings. The summed E-state index contributed by atoms with van der Waals surface area (Å²) in [6.07, 6.45) is 4.73. The maximum atomic E-state index is 14.5. The first-order chi connectivity index (χ1) is 16.1. The van der Waals surface area contributed by atoms with Gasteiger partial charge >= 0.3 is 6.09 Å². The molecular weight excluding hydrogens is 457 g/mol. The monoisotopic (exact) mass is 483 g/mol. The van der Waals surface area contributed by atoms with Crippen LogP contribution in [0.25, 0.3) is 27.3 Å². The number of pyridine rings is 1. The van der Waals surface area contributed by atoms with E-state index in [1.165, 1.54) is 17.4 Å². The average Bonchev–Trinajstić information content (AvgIpc) is 3.36. The summed E-state index contributed by atoms with van der Waals surface area (Å²) in [7, 11) is 0. The fourth-order valence-electron chi connectivity index (χ4n) is 4.27. The van der Waals surface area contributed by atoms with Crippen LogP contribution in [0.4, 0.5) is 9.18 Å². The lowest BCUT2D eigenvalue weighted by molar-refractivity contribution is 0.0205. The number of likely N-dealkylation sites (tertiary alicyclic amines) is 1. The number of H-pyrrole nitrogens is 1. The first kappa shape index (κ1) is 22.5. The van der Waals surface area contributed by atoms with Crippen LogP contribution in [0.5, 0.6) is 0 Å². The van der Waals surface area contributed by atoms with Crippen molar-refractivity contribution in [2.24, 2.45) is 0 Å². The summed E-state index contributed by atoms with van der Waals surface area (Å²) in [6.45, 7) is 8.58. The van der Waals surface area contributed by atoms with E-state index in [1.54, 1.807) is 28.6 Å². The van der Waals surface area contributed by atoms with E-state index in [2.05, 4.69) is 15.0 Å². The molecule has 1 aliphatic heterocycles. The lowest BCUT2D eigenvalue weighted by atomic mass is 9.95. The number of aromatic nitrogens is 4. The highest BCUT2D eigenvalue weighted by Gasteiger charge is 2.28. The molecule has 1 saturated heterocycles. The second-order valence-electron chi connectivity index (χ2n) is 9.71. The van der Waals surface area contributed by atoms with Gasteiger partial charge in [0, 0.05) is 35.9 Å². The van der Waals surface area contributed by atoms with Crippen LogP contribution in [0.1, 0.15) is 50.1 Å².